The SMILES string of the molecule is O.O.O.O.O.O.O.O.O=C(COP(=O)([O-])[O-])[C@@H](O)[C@H](O)[C@H](O)COP(=O)([O-])O.[Na+].[Na+].[Na+]. The summed E-state index contributed by atoms with van der Waals surface area (Å²) in [7, 11) is -10.6. The average Bonchev–Trinajstić information content (AvgIpc) is 2.29. The molecule has 0 heterocycles. The predicted molar refractivity (Wildman–Crippen MR) is 81.3 cm³/mol. The monoisotopic (exact) mass is 550 g/mol. The van der Waals surface area contributed by atoms with Crippen molar-refractivity contribution in [2.45, 2.75) is 18.3 Å². The minimum Gasteiger partial charge on any atom is -0.790 e. The molecule has 0 aromatic carbocycles. The summed E-state index contributed by atoms with van der Waals surface area (Å²) in [6, 6.07) is 0. The van der Waals surface area contributed by atoms with Gasteiger partial charge in [-0.15, -0.1) is 0 Å². The molecule has 0 saturated carbocycles. The molecule has 0 radical (unpaired) electrons. The largest absolute Gasteiger partial charge is 1.00 e. The molecule has 0 aromatic heterocycles. The summed E-state index contributed by atoms with van der Waals surface area (Å²) in [5, 5.41) is 27.6. The number of phosphoric acid groups is 2. The summed E-state index contributed by atoms with van der Waals surface area (Å²) < 4.78 is 27.5. The topological polar surface area (TPSA) is 472 Å². The van der Waals surface area contributed by atoms with Gasteiger partial charge in [-0.25, -0.2) is 0 Å². The Kier molecular flexibility index (Phi) is 85.5. The zero-order chi connectivity index (χ0) is 16.1. The molecule has 0 spiro atoms. The van der Waals surface area contributed by atoms with Gasteiger partial charge in [0.25, 0.3) is 7.82 Å². The van der Waals surface area contributed by atoms with E-state index in [1.54, 1.807) is 0 Å². The van der Waals surface area contributed by atoms with E-state index in [9.17, 15) is 38.8 Å². The quantitative estimate of drug-likeness (QED) is 0.153. The van der Waals surface area contributed by atoms with Gasteiger partial charge in [0.05, 0.1) is 14.4 Å². The molecular formula is C6H27Na3O20P2. The van der Waals surface area contributed by atoms with Gasteiger partial charge in [0.1, 0.15) is 24.9 Å². The molecule has 31 heavy (non-hydrogen) atoms. The molecule has 0 saturated heterocycles. The fourth-order valence-electron chi connectivity index (χ4n) is 0.898. The fourth-order valence-corrected chi connectivity index (χ4v) is 1.52. The normalized spacial score (nSPS) is 12.9. The predicted octanol–water partition coefficient (Wildman–Crippen LogP) is -20.6. The number of phosphoric ester groups is 2. The molecule has 184 valence electrons. The first-order valence-corrected chi connectivity index (χ1v) is 7.71. The van der Waals surface area contributed by atoms with Crippen LogP contribution in [0.2, 0.25) is 0 Å². The molecule has 0 aromatic rings. The maximum absolute atomic E-state index is 11.1. The molecule has 25 heteroatoms. The molecule has 1 unspecified atom stereocenters. The number of aliphatic hydroxyl groups is 3. The van der Waals surface area contributed by atoms with Gasteiger partial charge in [0.2, 0.25) is 0 Å². The van der Waals surface area contributed by atoms with Crippen LogP contribution >= 0.6 is 15.6 Å². The second-order valence-corrected chi connectivity index (χ2v) is 5.80. The molecule has 0 bridgehead atoms. The van der Waals surface area contributed by atoms with Crippen molar-refractivity contribution < 1.29 is 190 Å². The van der Waals surface area contributed by atoms with Crippen molar-refractivity contribution in [3.63, 3.8) is 0 Å². The first-order chi connectivity index (χ1) is 8.83. The molecule has 0 fully saturated rings. The summed E-state index contributed by atoms with van der Waals surface area (Å²) in [4.78, 5) is 49.6. The van der Waals surface area contributed by atoms with Crippen LogP contribution in [0, 0.1) is 0 Å². The Morgan fingerprint density at radius 2 is 1.10 bits per heavy atom. The average molecular weight is 550 g/mol. The third-order valence-corrected chi connectivity index (χ3v) is 2.74. The molecule has 0 rings (SSSR count). The van der Waals surface area contributed by atoms with Crippen molar-refractivity contribution in [3.8, 4) is 0 Å². The number of hydrogen-bond donors (Lipinski definition) is 4. The minimum atomic E-state index is -5.46. The summed E-state index contributed by atoms with van der Waals surface area (Å²) >= 11 is 0. The van der Waals surface area contributed by atoms with Crippen molar-refractivity contribution >= 4 is 21.4 Å². The van der Waals surface area contributed by atoms with E-state index in [-0.39, 0.29) is 132 Å². The van der Waals surface area contributed by atoms with Crippen LogP contribution in [0.5, 0.6) is 0 Å². The van der Waals surface area contributed by atoms with E-state index < -0.39 is 53.0 Å². The van der Waals surface area contributed by atoms with Gasteiger partial charge in [-0.2, -0.15) is 0 Å². The van der Waals surface area contributed by atoms with Gasteiger partial charge in [-0.3, -0.25) is 9.36 Å². The van der Waals surface area contributed by atoms with Gasteiger partial charge >= 0.3 is 88.7 Å². The van der Waals surface area contributed by atoms with Gasteiger partial charge in [0.15, 0.2) is 5.78 Å². The van der Waals surface area contributed by atoms with Crippen molar-refractivity contribution in [2.75, 3.05) is 13.2 Å². The van der Waals surface area contributed by atoms with E-state index >= 15 is 0 Å². The van der Waals surface area contributed by atoms with Crippen LogP contribution in [0.1, 0.15) is 0 Å². The van der Waals surface area contributed by atoms with Crippen molar-refractivity contribution in [1.29, 1.82) is 0 Å². The van der Waals surface area contributed by atoms with E-state index in [1.165, 1.54) is 0 Å². The summed E-state index contributed by atoms with van der Waals surface area (Å²) in [6.45, 7) is -2.55. The number of rotatable bonds is 9. The maximum atomic E-state index is 11.1. The van der Waals surface area contributed by atoms with Crippen LogP contribution in [0.15, 0.2) is 0 Å². The number of ketones is 1. The van der Waals surface area contributed by atoms with Gasteiger partial charge in [0, 0.05) is 0 Å². The second kappa shape index (κ2) is 34.6. The van der Waals surface area contributed by atoms with Crippen LogP contribution in [-0.4, -0.2) is 101 Å². The van der Waals surface area contributed by atoms with Crippen LogP contribution in [-0.2, 0) is 23.0 Å². The number of carbonyl (C=O) groups is 1. The summed E-state index contributed by atoms with van der Waals surface area (Å²) in [6.07, 6.45) is -6.74. The van der Waals surface area contributed by atoms with Crippen LogP contribution in [0.25, 0.3) is 0 Å². The molecule has 0 aliphatic heterocycles. The molecule has 0 aliphatic rings. The van der Waals surface area contributed by atoms with Crippen LogP contribution < -0.4 is 103 Å². The first-order valence-electron chi connectivity index (χ1n) is 4.75. The van der Waals surface area contributed by atoms with E-state index in [1.807, 2.05) is 0 Å². The minimum absolute atomic E-state index is 0. The zero-order valence-corrected chi connectivity index (χ0v) is 24.4. The Balaban J connectivity index is -0.0000000328. The third kappa shape index (κ3) is 43.0. The number of Topliss-reactive ketones (excluding diaryl/α,β-unsaturated/α-hetero) is 1. The number of carbonyl (C=O) groups excluding carboxylic acids is 1. The van der Waals surface area contributed by atoms with Gasteiger partial charge < -0.3 is 92.3 Å². The van der Waals surface area contributed by atoms with Crippen molar-refractivity contribution in [1.82, 2.24) is 0 Å². The molecule has 20 N–H and O–H groups in total. The first kappa shape index (κ1) is 76.6. The molecule has 0 aliphatic carbocycles. The zero-order valence-electron chi connectivity index (χ0n) is 16.6. The number of hydrogen-bond acceptors (Lipinski definition) is 11. The summed E-state index contributed by atoms with van der Waals surface area (Å²) in [5.74, 6) is -1.46. The van der Waals surface area contributed by atoms with Crippen molar-refractivity contribution in [2.24, 2.45) is 0 Å². The standard InChI is InChI=1S/C6H14O12P2.3Na.8H2O/c7-3(1-17-19(11,12)13)5(9)6(10)4(8)2-18-20(14,15)16;;;;;;;;;;;/h3,5-7,9-10H,1-2H2,(H2,11,12,13)(H2,14,15,16);;;;8*1H2/q;3*+1;;;;;;;;/p-3/t3-,5-,6-;;;;;;;;;;;/m1.........../s1. The van der Waals surface area contributed by atoms with Crippen LogP contribution in [0.4, 0.5) is 0 Å². The van der Waals surface area contributed by atoms with Gasteiger partial charge in [-0.1, -0.05) is 0 Å². The Morgan fingerprint density at radius 1 is 0.774 bits per heavy atom. The smallest absolute Gasteiger partial charge is 0.790 e. The Bertz CT molecular complexity index is 429. The molecule has 0 amide bonds. The van der Waals surface area contributed by atoms with E-state index in [0.717, 1.165) is 0 Å². The Hall–Kier alpha value is 2.45. The van der Waals surface area contributed by atoms with Crippen LogP contribution in [0.3, 0.4) is 0 Å². The third-order valence-electron chi connectivity index (χ3n) is 1.82. The molecule has 4 atom stereocenters. The molecule has 20 nitrogen and oxygen atoms in total. The Morgan fingerprint density at radius 3 is 1.35 bits per heavy atom. The molecular weight excluding hydrogens is 523 g/mol. The van der Waals surface area contributed by atoms with Gasteiger partial charge in [-0.05, 0) is 0 Å². The van der Waals surface area contributed by atoms with E-state index in [0.29, 0.717) is 0 Å². The van der Waals surface area contributed by atoms with E-state index in [4.69, 9.17) is 10.00 Å². The summed E-state index contributed by atoms with van der Waals surface area (Å²) in [5.41, 5.74) is 0. The van der Waals surface area contributed by atoms with Crippen molar-refractivity contribution in [3.05, 3.63) is 0 Å². The fraction of sp³-hybridized carbons (Fsp3) is 0.833. The Labute approximate surface area is 241 Å². The number of aliphatic hydroxyl groups excluding tert-OH is 3. The maximum Gasteiger partial charge on any atom is 1.00 e. The van der Waals surface area contributed by atoms with E-state index in [2.05, 4.69) is 9.05 Å². The second-order valence-electron chi connectivity index (χ2n) is 3.45.